The molecule has 0 aromatic rings. The monoisotopic (exact) mass is 1590 g/mol. The lowest BCUT2D eigenvalue weighted by atomic mass is 9.96. The Hall–Kier alpha value is -3.03. The summed E-state index contributed by atoms with van der Waals surface area (Å²) in [5.74, 6) is -0.280. The van der Waals surface area contributed by atoms with Crippen molar-refractivity contribution in [2.24, 2.45) is 0 Å². The fourth-order valence-corrected chi connectivity index (χ4v) is 15.2. The van der Waals surface area contributed by atoms with Crippen molar-refractivity contribution < 1.29 is 89.4 Å². The predicted octanol–water partition coefficient (Wildman–Crippen LogP) is 17.7. The smallest absolute Gasteiger partial charge is 0.220 e. The SMILES string of the molecule is CC/C=C\C/C=C\C/C=C\C/C=C\C/C=C\CCCCCCCCCCCCCCCCCCCCCCCC(=O)NC(COC1OC(CO)C(OC2OC(CO)C(OC3OC(CO)C(O)C(O)C3O)C(O)C2O)C(O)C1O)C(O)/C=C/CC/C=C/CCCCCCCCCCCCCCCCCCCCCCCCCC. The van der Waals surface area contributed by atoms with Gasteiger partial charge in [0, 0.05) is 6.42 Å². The lowest BCUT2D eigenvalue weighted by Gasteiger charge is -2.48. The Morgan fingerprint density at radius 3 is 1.00 bits per heavy atom. The second-order valence-electron chi connectivity index (χ2n) is 32.4. The van der Waals surface area contributed by atoms with Crippen molar-refractivity contribution >= 4 is 5.91 Å². The van der Waals surface area contributed by atoms with Crippen LogP contribution in [0.25, 0.3) is 0 Å². The number of unbranched alkanes of at least 4 members (excludes halogenated alkanes) is 46. The first-order valence-corrected chi connectivity index (χ1v) is 45.8. The van der Waals surface area contributed by atoms with Crippen molar-refractivity contribution in [1.29, 1.82) is 0 Å². The van der Waals surface area contributed by atoms with Crippen LogP contribution in [0.15, 0.2) is 85.1 Å². The minimum absolute atomic E-state index is 0.236. The zero-order chi connectivity index (χ0) is 81.0. The molecule has 652 valence electrons. The fraction of sp³-hybridized carbons (Fsp3) is 0.839. The number of carbonyl (C=O) groups is 1. The molecule has 0 aromatic heterocycles. The van der Waals surface area contributed by atoms with Crippen molar-refractivity contribution in [2.75, 3.05) is 26.4 Å². The third-order valence-corrected chi connectivity index (χ3v) is 22.4. The van der Waals surface area contributed by atoms with E-state index >= 15 is 0 Å². The molecule has 0 aliphatic carbocycles. The molecule has 112 heavy (non-hydrogen) atoms. The molecule has 3 aliphatic heterocycles. The molecule has 0 saturated carbocycles. The normalized spacial score (nSPS) is 25.3. The van der Waals surface area contributed by atoms with E-state index in [4.69, 9.17) is 28.4 Å². The highest BCUT2D eigenvalue weighted by molar-refractivity contribution is 5.76. The van der Waals surface area contributed by atoms with Gasteiger partial charge in [0.1, 0.15) is 73.2 Å². The Bertz CT molecular complexity index is 2350. The average molecular weight is 1590 g/mol. The zero-order valence-electron chi connectivity index (χ0n) is 70.4. The first-order chi connectivity index (χ1) is 54.8. The summed E-state index contributed by atoms with van der Waals surface area (Å²) in [6.07, 6.45) is 71.7. The maximum Gasteiger partial charge on any atom is 0.220 e. The Morgan fingerprint density at radius 2 is 0.625 bits per heavy atom. The van der Waals surface area contributed by atoms with Crippen molar-refractivity contribution in [2.45, 2.75) is 471 Å². The molecule has 0 spiro atoms. The van der Waals surface area contributed by atoms with E-state index in [-0.39, 0.29) is 18.9 Å². The van der Waals surface area contributed by atoms with E-state index in [1.165, 1.54) is 263 Å². The highest BCUT2D eigenvalue weighted by atomic mass is 16.8. The van der Waals surface area contributed by atoms with Gasteiger partial charge in [-0.2, -0.15) is 0 Å². The molecule has 0 bridgehead atoms. The van der Waals surface area contributed by atoms with E-state index in [9.17, 15) is 61.0 Å². The van der Waals surface area contributed by atoms with Crippen LogP contribution in [0.2, 0.25) is 0 Å². The van der Waals surface area contributed by atoms with E-state index in [2.05, 4.69) is 92.1 Å². The molecule has 12 N–H and O–H groups in total. The number of rotatable bonds is 74. The number of ether oxygens (including phenoxy) is 6. The third-order valence-electron chi connectivity index (χ3n) is 22.4. The Morgan fingerprint density at radius 1 is 0.330 bits per heavy atom. The van der Waals surface area contributed by atoms with Crippen LogP contribution >= 0.6 is 0 Å². The van der Waals surface area contributed by atoms with Crippen molar-refractivity contribution in [3.8, 4) is 0 Å². The molecule has 1 amide bonds. The van der Waals surface area contributed by atoms with E-state index in [0.717, 1.165) is 70.6 Å². The van der Waals surface area contributed by atoms with Gasteiger partial charge >= 0.3 is 0 Å². The van der Waals surface area contributed by atoms with Gasteiger partial charge in [0.2, 0.25) is 5.91 Å². The Kier molecular flexibility index (Phi) is 66.3. The number of hydrogen-bond donors (Lipinski definition) is 12. The lowest BCUT2D eigenvalue weighted by molar-refractivity contribution is -0.379. The van der Waals surface area contributed by atoms with Crippen LogP contribution < -0.4 is 5.32 Å². The summed E-state index contributed by atoms with van der Waals surface area (Å²) in [7, 11) is 0. The molecule has 3 heterocycles. The molecule has 3 saturated heterocycles. The second kappa shape index (κ2) is 72.0. The molecule has 17 unspecified atom stereocenters. The van der Waals surface area contributed by atoms with Gasteiger partial charge in [0.25, 0.3) is 0 Å². The first kappa shape index (κ1) is 103. The number of nitrogens with one attached hydrogen (secondary N) is 1. The Labute approximate surface area is 680 Å². The van der Waals surface area contributed by atoms with Gasteiger partial charge in [0.05, 0.1) is 38.6 Å². The standard InChI is InChI=1S/C93H167NO18/c1-3-5-7-9-11-13-15-17-19-21-23-25-27-29-31-33-35-36-37-38-39-40-41-43-45-47-49-51-53-55-57-59-61-63-65-67-69-71-81(99)94-76(77(98)70-68-66-64-62-60-58-56-54-52-50-48-46-44-42-34-32-30-28-26-24-22-20-18-16-14-12-10-8-6-4-2)75-107-91-87(105)84(102)89(79(73-96)109-91)112-93-88(106)85(103)90(80(74-97)110-93)111-92-86(104)83(101)82(100)78(72-95)108-92/h5,7,11,13,17,19,23,25,29,31,60,62,68,70,76-80,82-93,95-98,100-106H,3-4,6,8-10,12,14-16,18,20-22,24,26-28,30,32-59,61,63-67,69,71-75H2,1-2H3,(H,94,99)/b7-5-,13-11-,19-17-,25-23-,31-29-,62-60+,70-68+. The summed E-state index contributed by atoms with van der Waals surface area (Å²) in [6, 6.07) is -0.994. The molecule has 3 fully saturated rings. The summed E-state index contributed by atoms with van der Waals surface area (Å²) >= 11 is 0. The van der Waals surface area contributed by atoms with Crippen LogP contribution in [-0.4, -0.2) is 193 Å². The van der Waals surface area contributed by atoms with Crippen molar-refractivity contribution in [1.82, 2.24) is 5.32 Å². The van der Waals surface area contributed by atoms with Gasteiger partial charge in [-0.05, 0) is 77.0 Å². The molecule has 17 atom stereocenters. The van der Waals surface area contributed by atoms with Crippen LogP contribution in [0.1, 0.15) is 367 Å². The molecule has 0 radical (unpaired) electrons. The number of amides is 1. The van der Waals surface area contributed by atoms with E-state index < -0.39 is 124 Å². The highest BCUT2D eigenvalue weighted by Crippen LogP contribution is 2.34. The van der Waals surface area contributed by atoms with E-state index in [0.29, 0.717) is 12.8 Å². The maximum atomic E-state index is 13.5. The van der Waals surface area contributed by atoms with Crippen LogP contribution in [0.5, 0.6) is 0 Å². The van der Waals surface area contributed by atoms with E-state index in [1.807, 2.05) is 6.08 Å². The van der Waals surface area contributed by atoms with Gasteiger partial charge < -0.3 is 89.9 Å². The summed E-state index contributed by atoms with van der Waals surface area (Å²) in [6.45, 7) is 1.66. The third kappa shape index (κ3) is 50.0. The van der Waals surface area contributed by atoms with Crippen molar-refractivity contribution in [3.05, 3.63) is 85.1 Å². The topological polar surface area (TPSA) is 307 Å². The fourth-order valence-electron chi connectivity index (χ4n) is 15.2. The maximum absolute atomic E-state index is 13.5. The van der Waals surface area contributed by atoms with Gasteiger partial charge in [-0.3, -0.25) is 4.79 Å². The predicted molar refractivity (Wildman–Crippen MR) is 452 cm³/mol. The van der Waals surface area contributed by atoms with Gasteiger partial charge in [0.15, 0.2) is 18.9 Å². The summed E-state index contributed by atoms with van der Waals surface area (Å²) in [4.78, 5) is 13.5. The van der Waals surface area contributed by atoms with E-state index in [1.54, 1.807) is 6.08 Å². The number of hydrogen-bond acceptors (Lipinski definition) is 18. The number of aliphatic hydroxyl groups is 11. The number of allylic oxidation sites excluding steroid dienone is 13. The van der Waals surface area contributed by atoms with Crippen LogP contribution in [0.4, 0.5) is 0 Å². The minimum atomic E-state index is -1.98. The van der Waals surface area contributed by atoms with Crippen LogP contribution in [0, 0.1) is 0 Å². The van der Waals surface area contributed by atoms with Crippen molar-refractivity contribution in [3.63, 3.8) is 0 Å². The largest absolute Gasteiger partial charge is 0.394 e. The van der Waals surface area contributed by atoms with Gasteiger partial charge in [-0.25, -0.2) is 0 Å². The number of carbonyl (C=O) groups excluding carboxylic acids is 1. The quantitative estimate of drug-likeness (QED) is 0.0199. The average Bonchev–Trinajstić information content (AvgIpc) is 0.781. The molecular weight excluding hydrogens is 1420 g/mol. The highest BCUT2D eigenvalue weighted by Gasteiger charge is 2.54. The first-order valence-electron chi connectivity index (χ1n) is 45.8. The molecule has 19 heteroatoms. The van der Waals surface area contributed by atoms with Gasteiger partial charge in [-0.15, -0.1) is 0 Å². The van der Waals surface area contributed by atoms with Crippen LogP contribution in [0.3, 0.4) is 0 Å². The minimum Gasteiger partial charge on any atom is -0.394 e. The summed E-state index contributed by atoms with van der Waals surface area (Å²) in [5, 5.41) is 121. The lowest BCUT2D eigenvalue weighted by Crippen LogP contribution is -2.66. The molecule has 0 aromatic carbocycles. The molecule has 19 nitrogen and oxygen atoms in total. The summed E-state index contributed by atoms with van der Waals surface area (Å²) in [5.41, 5.74) is 0. The van der Waals surface area contributed by atoms with Gasteiger partial charge in [-0.1, -0.05) is 369 Å². The second-order valence-corrected chi connectivity index (χ2v) is 32.4. The van der Waals surface area contributed by atoms with Crippen LogP contribution in [-0.2, 0) is 33.2 Å². The Balaban J connectivity index is 1.32. The molecular formula is C93H167NO18. The summed E-state index contributed by atoms with van der Waals surface area (Å²) < 4.78 is 34.5. The molecule has 3 aliphatic rings. The zero-order valence-corrected chi connectivity index (χ0v) is 70.4. The number of aliphatic hydroxyl groups excluding tert-OH is 11. The molecule has 3 rings (SSSR count).